The monoisotopic (exact) mass is 378 g/mol. The Bertz CT molecular complexity index is 1130. The van der Waals surface area contributed by atoms with E-state index in [0.29, 0.717) is 11.6 Å². The lowest BCUT2D eigenvalue weighted by molar-refractivity contribution is 0.442. The largest absolute Gasteiger partial charge is 0.356 e. The smallest absolute Gasteiger partial charge is 0.263 e. The van der Waals surface area contributed by atoms with Crippen LogP contribution in [-0.2, 0) is 0 Å². The Morgan fingerprint density at radius 3 is 2.89 bits per heavy atom. The van der Waals surface area contributed by atoms with Crippen LogP contribution in [0, 0.1) is 12.7 Å². The van der Waals surface area contributed by atoms with Crippen LogP contribution in [0.5, 0.6) is 0 Å². The minimum absolute atomic E-state index is 0.240. The molecule has 0 bridgehead atoms. The van der Waals surface area contributed by atoms with Crippen LogP contribution in [0.1, 0.15) is 30.1 Å². The Morgan fingerprint density at radius 2 is 2.07 bits per heavy atom. The number of rotatable bonds is 3. The molecular formula is C20H19FN6O. The average Bonchev–Trinajstić information content (AvgIpc) is 3.35. The summed E-state index contributed by atoms with van der Waals surface area (Å²) in [7, 11) is 0. The van der Waals surface area contributed by atoms with E-state index in [0.717, 1.165) is 59.7 Å². The summed E-state index contributed by atoms with van der Waals surface area (Å²) in [6.07, 6.45) is 5.19. The van der Waals surface area contributed by atoms with Crippen molar-refractivity contribution in [1.29, 1.82) is 0 Å². The molecule has 0 radical (unpaired) electrons. The van der Waals surface area contributed by atoms with Crippen LogP contribution in [-0.4, -0.2) is 38.4 Å². The molecule has 4 heterocycles. The van der Waals surface area contributed by atoms with Crippen molar-refractivity contribution < 1.29 is 8.91 Å². The molecule has 1 N–H and O–H groups in total. The standard InChI is InChI=1S/C20H19FN6O/c1-12-17-19(22-11-23-20(17)28-26-12)27-7-5-13(6-8-27)18-16(10-24-25-18)14-3-2-4-15(21)9-14/h2-4,9-11,13H,5-8H2,1H3,(H,24,25). The van der Waals surface area contributed by atoms with Crippen LogP contribution >= 0.6 is 0 Å². The maximum Gasteiger partial charge on any atom is 0.263 e. The topological polar surface area (TPSA) is 83.7 Å². The lowest BCUT2D eigenvalue weighted by Gasteiger charge is -2.32. The van der Waals surface area contributed by atoms with Crippen molar-refractivity contribution in [2.24, 2.45) is 0 Å². The van der Waals surface area contributed by atoms with E-state index in [1.165, 1.54) is 12.4 Å². The molecule has 0 atom stereocenters. The number of aromatic nitrogens is 5. The average molecular weight is 378 g/mol. The van der Waals surface area contributed by atoms with Crippen molar-refractivity contribution in [3.63, 3.8) is 0 Å². The summed E-state index contributed by atoms with van der Waals surface area (Å²) in [5.41, 5.74) is 4.21. The maximum absolute atomic E-state index is 13.6. The number of nitrogens with zero attached hydrogens (tertiary/aromatic N) is 5. The van der Waals surface area contributed by atoms with E-state index in [1.54, 1.807) is 18.3 Å². The van der Waals surface area contributed by atoms with E-state index >= 15 is 0 Å². The normalized spacial score (nSPS) is 15.4. The van der Waals surface area contributed by atoms with Gasteiger partial charge in [-0.3, -0.25) is 5.10 Å². The Hall–Kier alpha value is -3.29. The number of aryl methyl sites for hydroxylation is 1. The lowest BCUT2D eigenvalue weighted by atomic mass is 9.89. The molecule has 3 aromatic heterocycles. The van der Waals surface area contributed by atoms with Gasteiger partial charge in [0.25, 0.3) is 5.71 Å². The summed E-state index contributed by atoms with van der Waals surface area (Å²) in [6.45, 7) is 3.60. The SMILES string of the molecule is Cc1noc2ncnc(N3CCC(c4[nH]ncc4-c4cccc(F)c4)CC3)c12. The number of hydrogen-bond donors (Lipinski definition) is 1. The van der Waals surface area contributed by atoms with Gasteiger partial charge in [-0.25, -0.2) is 9.37 Å². The van der Waals surface area contributed by atoms with Crippen LogP contribution in [0.4, 0.5) is 10.2 Å². The molecule has 1 aliphatic rings. The molecule has 1 saturated heterocycles. The Kier molecular flexibility index (Phi) is 4.03. The van der Waals surface area contributed by atoms with Crippen molar-refractivity contribution in [3.8, 4) is 11.1 Å². The number of halogens is 1. The van der Waals surface area contributed by atoms with Crippen LogP contribution in [0.15, 0.2) is 41.3 Å². The van der Waals surface area contributed by atoms with Crippen molar-refractivity contribution in [3.05, 3.63) is 54.0 Å². The first-order chi connectivity index (χ1) is 13.7. The fraction of sp³-hybridized carbons (Fsp3) is 0.300. The molecule has 0 amide bonds. The van der Waals surface area contributed by atoms with Crippen molar-refractivity contribution >= 4 is 16.9 Å². The predicted octanol–water partition coefficient (Wildman–Crippen LogP) is 3.84. The minimum atomic E-state index is -0.240. The van der Waals surface area contributed by atoms with E-state index in [2.05, 4.69) is 30.2 Å². The fourth-order valence-corrected chi connectivity index (χ4v) is 4.02. The summed E-state index contributed by atoms with van der Waals surface area (Å²) >= 11 is 0. The van der Waals surface area contributed by atoms with Gasteiger partial charge < -0.3 is 9.42 Å². The molecule has 142 valence electrons. The number of fused-ring (bicyclic) bond motifs is 1. The quantitative estimate of drug-likeness (QED) is 0.583. The summed E-state index contributed by atoms with van der Waals surface area (Å²) in [6, 6.07) is 6.65. The Morgan fingerprint density at radius 1 is 1.21 bits per heavy atom. The third-order valence-corrected chi connectivity index (χ3v) is 5.43. The Labute approximate surface area is 160 Å². The molecule has 28 heavy (non-hydrogen) atoms. The first-order valence-electron chi connectivity index (χ1n) is 9.32. The summed E-state index contributed by atoms with van der Waals surface area (Å²) < 4.78 is 18.9. The van der Waals surface area contributed by atoms with E-state index in [9.17, 15) is 4.39 Å². The number of benzene rings is 1. The van der Waals surface area contributed by atoms with E-state index < -0.39 is 0 Å². The van der Waals surface area contributed by atoms with Crippen LogP contribution in [0.3, 0.4) is 0 Å². The zero-order chi connectivity index (χ0) is 19.1. The summed E-state index contributed by atoms with van der Waals surface area (Å²) in [4.78, 5) is 10.9. The zero-order valence-corrected chi connectivity index (χ0v) is 15.4. The number of H-pyrrole nitrogens is 1. The van der Waals surface area contributed by atoms with Crippen LogP contribution in [0.2, 0.25) is 0 Å². The number of aromatic amines is 1. The van der Waals surface area contributed by atoms with Crippen molar-refractivity contribution in [2.45, 2.75) is 25.7 Å². The second kappa shape index (κ2) is 6.70. The molecule has 5 rings (SSSR count). The van der Waals surface area contributed by atoms with E-state index in [1.807, 2.05) is 13.0 Å². The molecule has 1 aromatic carbocycles. The van der Waals surface area contributed by atoms with Gasteiger partial charge in [0.05, 0.1) is 11.9 Å². The maximum atomic E-state index is 13.6. The first kappa shape index (κ1) is 16.9. The molecular weight excluding hydrogens is 359 g/mol. The van der Waals surface area contributed by atoms with Crippen molar-refractivity contribution in [1.82, 2.24) is 25.3 Å². The molecule has 0 aliphatic carbocycles. The fourth-order valence-electron chi connectivity index (χ4n) is 4.02. The molecule has 0 saturated carbocycles. The first-order valence-corrected chi connectivity index (χ1v) is 9.32. The van der Waals surface area contributed by atoms with Gasteiger partial charge in [0, 0.05) is 30.3 Å². The molecule has 1 aliphatic heterocycles. The molecule has 7 nitrogen and oxygen atoms in total. The molecule has 0 unspecified atom stereocenters. The highest BCUT2D eigenvalue weighted by molar-refractivity contribution is 5.87. The molecule has 8 heteroatoms. The molecule has 0 spiro atoms. The second-order valence-electron chi connectivity index (χ2n) is 7.11. The number of nitrogens with one attached hydrogen (secondary N) is 1. The van der Waals surface area contributed by atoms with Gasteiger partial charge in [-0.2, -0.15) is 10.1 Å². The third-order valence-electron chi connectivity index (χ3n) is 5.43. The van der Waals surface area contributed by atoms with Gasteiger partial charge >= 0.3 is 0 Å². The minimum Gasteiger partial charge on any atom is -0.356 e. The molecule has 4 aromatic rings. The Balaban J connectivity index is 1.39. The summed E-state index contributed by atoms with van der Waals surface area (Å²) in [5.74, 6) is 0.964. The van der Waals surface area contributed by atoms with Gasteiger partial charge in [0.15, 0.2) is 0 Å². The number of anilines is 1. The molecule has 1 fully saturated rings. The van der Waals surface area contributed by atoms with Gasteiger partial charge in [-0.15, -0.1) is 0 Å². The predicted molar refractivity (Wildman–Crippen MR) is 103 cm³/mol. The van der Waals surface area contributed by atoms with Gasteiger partial charge in [-0.05, 0) is 37.5 Å². The van der Waals surface area contributed by atoms with Crippen molar-refractivity contribution in [2.75, 3.05) is 18.0 Å². The summed E-state index contributed by atoms with van der Waals surface area (Å²) in [5, 5.41) is 12.3. The number of piperidine rings is 1. The second-order valence-corrected chi connectivity index (χ2v) is 7.11. The van der Waals surface area contributed by atoms with Gasteiger partial charge in [0.1, 0.15) is 23.3 Å². The zero-order valence-electron chi connectivity index (χ0n) is 15.4. The van der Waals surface area contributed by atoms with E-state index in [-0.39, 0.29) is 5.82 Å². The highest BCUT2D eigenvalue weighted by Gasteiger charge is 2.27. The highest BCUT2D eigenvalue weighted by Crippen LogP contribution is 2.36. The lowest BCUT2D eigenvalue weighted by Crippen LogP contribution is -2.34. The third kappa shape index (κ3) is 2.81. The van der Waals surface area contributed by atoms with Gasteiger partial charge in [-0.1, -0.05) is 17.3 Å². The van der Waals surface area contributed by atoms with Crippen LogP contribution in [0.25, 0.3) is 22.2 Å². The van der Waals surface area contributed by atoms with E-state index in [4.69, 9.17) is 4.52 Å². The van der Waals surface area contributed by atoms with Gasteiger partial charge in [0.2, 0.25) is 0 Å². The highest BCUT2D eigenvalue weighted by atomic mass is 19.1. The van der Waals surface area contributed by atoms with Crippen LogP contribution < -0.4 is 4.90 Å². The number of hydrogen-bond acceptors (Lipinski definition) is 6.